The van der Waals surface area contributed by atoms with Crippen molar-refractivity contribution in [3.63, 3.8) is 0 Å². The van der Waals surface area contributed by atoms with Crippen molar-refractivity contribution in [1.29, 1.82) is 0 Å². The summed E-state index contributed by atoms with van der Waals surface area (Å²) in [5, 5.41) is -1.41. The molecule has 250 valence electrons. The van der Waals surface area contributed by atoms with Gasteiger partial charge in [-0.1, -0.05) is 187 Å². The average Bonchev–Trinajstić information content (AvgIpc) is 0.727. The van der Waals surface area contributed by atoms with Gasteiger partial charge >= 0.3 is 0 Å². The van der Waals surface area contributed by atoms with Gasteiger partial charge in [-0.05, 0) is 97.1 Å². The van der Waals surface area contributed by atoms with Crippen molar-refractivity contribution in [2.45, 2.75) is 0 Å². The molecule has 0 heterocycles. The first kappa shape index (κ1) is 11.5. The van der Waals surface area contributed by atoms with Gasteiger partial charge in [-0.25, -0.2) is 0 Å². The SMILES string of the molecule is [2H]c1cc(-c2c([2H])c([2H])c([2H])c([2H])c2[2H])c(N(c2c([2H])c([2H])c(-c3c([2H])c([2H])c(-c4c([2H])c([2H])c([2H])c([2H])c4[2H])c(-c4c([2H])c([2H])c([2H])c([2H])c4[2H])c3[2H])c([2H])c2[2H])c2c([2H])c([2H])c(-c3c([2H])c([2H])c([2H])c4c([2H])c([2H])c([2H])c([2H])c34)c([2H])c2[2H])c([2H])c1[2H]. The van der Waals surface area contributed by atoms with Crippen molar-refractivity contribution in [2.75, 3.05) is 4.90 Å². The summed E-state index contributed by atoms with van der Waals surface area (Å²) in [6.45, 7) is 0. The zero-order chi connectivity index (χ0) is 66.7. The van der Waals surface area contributed by atoms with E-state index in [1.54, 1.807) is 0 Å². The van der Waals surface area contributed by atoms with Crippen LogP contribution >= 0.6 is 0 Å². The van der Waals surface area contributed by atoms with E-state index in [9.17, 15) is 16.4 Å². The summed E-state index contributed by atoms with van der Waals surface area (Å²) < 4.78 is 323. The largest absolute Gasteiger partial charge is 0.310 e. The van der Waals surface area contributed by atoms with E-state index in [1.807, 2.05) is 0 Å². The van der Waals surface area contributed by atoms with Crippen LogP contribution in [0.4, 0.5) is 17.1 Å². The molecule has 0 N–H and O–H groups in total. The van der Waals surface area contributed by atoms with E-state index in [2.05, 4.69) is 0 Å². The Morgan fingerprint density at radius 2 is 0.792 bits per heavy atom. The highest BCUT2D eigenvalue weighted by molar-refractivity contribution is 5.97. The second-order valence-electron chi connectivity index (χ2n) is 10.6. The van der Waals surface area contributed by atoms with Gasteiger partial charge in [0, 0.05) is 16.9 Å². The van der Waals surface area contributed by atoms with E-state index < -0.39 is 301 Å². The number of fused-ring (bicyclic) bond motifs is 1. The standard InChI is InChI=1S/C52H37N/c1-4-15-39(16-5-1)49-36-31-44(37-51(49)42-19-8-3-9-20-42)38-27-32-45(33-28-38)53(52-26-13-12-24-50(52)41-17-6-2-7-18-41)46-34-29-43(30-35-46)48-25-14-22-40-21-10-11-23-47(40)48/h1-37H/i1D,2D,3D,4D,5D,6D,7D,8D,9D,10D,11D,12D,13D,14D,15D,16D,17D,18D,19D,20D,21D,22D,23D,25D,26D,27D,28D,29D,30D,31D,32D,33D,34D,35D,36D,37D. The summed E-state index contributed by atoms with van der Waals surface area (Å²) in [6, 6.07) is -39.7. The number of hydrogen-bond acceptors (Lipinski definition) is 1. The van der Waals surface area contributed by atoms with Crippen LogP contribution in [0.3, 0.4) is 0 Å². The van der Waals surface area contributed by atoms with Crippen LogP contribution in [-0.4, -0.2) is 0 Å². The summed E-state index contributed by atoms with van der Waals surface area (Å²) in [5.74, 6) is 0. The average molecular weight is 712 g/mol. The van der Waals surface area contributed by atoms with Crippen molar-refractivity contribution in [2.24, 2.45) is 0 Å². The van der Waals surface area contributed by atoms with Gasteiger partial charge in [0.05, 0.1) is 55.0 Å². The molecule has 0 aliphatic carbocycles. The fourth-order valence-electron chi connectivity index (χ4n) is 5.17. The number of para-hydroxylation sites is 1. The van der Waals surface area contributed by atoms with Gasteiger partial charge in [-0.2, -0.15) is 0 Å². The minimum absolute atomic E-state index is 0.290. The first-order valence-electron chi connectivity index (χ1n) is 33.2. The first-order chi connectivity index (χ1) is 41.3. The van der Waals surface area contributed by atoms with E-state index in [-0.39, 0.29) is 4.90 Å². The number of rotatable bonds is 8. The molecule has 0 saturated heterocycles. The number of hydrogen-bond donors (Lipinski definition) is 0. The Morgan fingerprint density at radius 1 is 0.302 bits per heavy atom. The van der Waals surface area contributed by atoms with Crippen LogP contribution < -0.4 is 4.90 Å². The molecule has 1 heteroatoms. The van der Waals surface area contributed by atoms with Gasteiger partial charge in [0.25, 0.3) is 0 Å². The zero-order valence-corrected chi connectivity index (χ0v) is 26.5. The van der Waals surface area contributed by atoms with Crippen LogP contribution in [0.25, 0.3) is 66.4 Å². The monoisotopic (exact) mass is 712 g/mol. The Balaban J connectivity index is 1.50. The summed E-state index contributed by atoms with van der Waals surface area (Å²) >= 11 is 0. The Morgan fingerprint density at radius 3 is 1.45 bits per heavy atom. The highest BCUT2D eigenvalue weighted by Gasteiger charge is 2.18. The molecule has 0 radical (unpaired) electrons. The molecule has 0 atom stereocenters. The van der Waals surface area contributed by atoms with Gasteiger partial charge in [0.1, 0.15) is 0 Å². The molecule has 9 rings (SSSR count). The van der Waals surface area contributed by atoms with Crippen LogP contribution in [0.15, 0.2) is 224 Å². The predicted octanol–water partition coefficient (Wildman–Crippen LogP) is 14.6. The molecule has 0 amide bonds. The molecule has 0 aromatic heterocycles. The Hall–Kier alpha value is -6.96. The van der Waals surface area contributed by atoms with Crippen LogP contribution in [0.2, 0.25) is 0 Å². The molecular weight excluding hydrogens is 639 g/mol. The van der Waals surface area contributed by atoms with Gasteiger partial charge in [-0.3, -0.25) is 0 Å². The Bertz CT molecular complexity index is 4590. The predicted molar refractivity (Wildman–Crippen MR) is 226 cm³/mol. The summed E-state index contributed by atoms with van der Waals surface area (Å²) in [6.07, 6.45) is 0. The third kappa shape index (κ3) is 6.42. The van der Waals surface area contributed by atoms with Crippen molar-refractivity contribution in [1.82, 2.24) is 0 Å². The van der Waals surface area contributed by atoms with Gasteiger partial charge in [-0.15, -0.1) is 0 Å². The zero-order valence-electron chi connectivity index (χ0n) is 62.5. The molecule has 0 saturated carbocycles. The molecule has 0 bridgehead atoms. The maximum Gasteiger partial charge on any atom is 0.0645 e. The van der Waals surface area contributed by atoms with E-state index in [1.165, 1.54) is 0 Å². The second-order valence-corrected chi connectivity index (χ2v) is 10.6. The molecule has 0 fully saturated rings. The van der Waals surface area contributed by atoms with E-state index in [0.29, 0.717) is 6.07 Å². The molecule has 9 aromatic carbocycles. The lowest BCUT2D eigenvalue weighted by molar-refractivity contribution is 1.28. The van der Waals surface area contributed by atoms with Crippen molar-refractivity contribution in [3.8, 4) is 55.6 Å². The molecular formula is C52H37N. The molecule has 9 aromatic rings. The lowest BCUT2D eigenvalue weighted by atomic mass is 9.91. The fraction of sp³-hybridized carbons (Fsp3) is 0. The fourth-order valence-corrected chi connectivity index (χ4v) is 5.17. The Kier molecular flexibility index (Phi) is 3.12. The number of nitrogens with zero attached hydrogens (tertiary/aromatic N) is 1. The lowest BCUT2D eigenvalue weighted by Gasteiger charge is -2.28. The molecule has 0 aliphatic rings. The van der Waals surface area contributed by atoms with Gasteiger partial charge in [0.2, 0.25) is 0 Å². The van der Waals surface area contributed by atoms with Crippen LogP contribution in [0, 0.1) is 0 Å². The topological polar surface area (TPSA) is 3.24 Å². The highest BCUT2D eigenvalue weighted by atomic mass is 15.1. The molecule has 0 aliphatic heterocycles. The highest BCUT2D eigenvalue weighted by Crippen LogP contribution is 2.43. The first-order valence-corrected chi connectivity index (χ1v) is 15.2. The van der Waals surface area contributed by atoms with Crippen LogP contribution in [0.1, 0.15) is 49.3 Å². The van der Waals surface area contributed by atoms with Crippen molar-refractivity contribution >= 4 is 27.8 Å². The quantitative estimate of drug-likeness (QED) is 0.152. The third-order valence-corrected chi connectivity index (χ3v) is 7.51. The maximum absolute atomic E-state index is 9.81. The third-order valence-electron chi connectivity index (χ3n) is 7.51. The second kappa shape index (κ2) is 14.3. The normalized spacial score (nSPS) is 20.5. The van der Waals surface area contributed by atoms with Gasteiger partial charge in [0.15, 0.2) is 0 Å². The smallest absolute Gasteiger partial charge is 0.0645 e. The van der Waals surface area contributed by atoms with E-state index in [0.717, 1.165) is 0 Å². The van der Waals surface area contributed by atoms with Gasteiger partial charge < -0.3 is 4.90 Å². The molecule has 0 unspecified atom stereocenters. The molecule has 53 heavy (non-hydrogen) atoms. The number of benzene rings is 9. The minimum Gasteiger partial charge on any atom is -0.310 e. The number of anilines is 3. The van der Waals surface area contributed by atoms with Crippen molar-refractivity contribution in [3.05, 3.63) is 224 Å². The molecule has 0 spiro atoms. The van der Waals surface area contributed by atoms with Crippen LogP contribution in [-0.2, 0) is 0 Å². The van der Waals surface area contributed by atoms with Crippen molar-refractivity contribution < 1.29 is 49.3 Å². The minimum atomic E-state index is -1.43. The summed E-state index contributed by atoms with van der Waals surface area (Å²) in [4.78, 5) is 0.290. The lowest BCUT2D eigenvalue weighted by Crippen LogP contribution is -2.11. The maximum atomic E-state index is 9.81. The van der Waals surface area contributed by atoms with E-state index in [4.69, 9.17) is 32.9 Å². The Labute approximate surface area is 362 Å². The van der Waals surface area contributed by atoms with Crippen LogP contribution in [0.5, 0.6) is 0 Å². The summed E-state index contributed by atoms with van der Waals surface area (Å²) in [5.41, 5.74) is -13.4. The van der Waals surface area contributed by atoms with E-state index >= 15 is 0 Å². The summed E-state index contributed by atoms with van der Waals surface area (Å²) in [7, 11) is 0. The molecule has 1 nitrogen and oxygen atoms in total.